The summed E-state index contributed by atoms with van der Waals surface area (Å²) < 4.78 is 0. The Morgan fingerprint density at radius 3 is 2.75 bits per heavy atom. The molecule has 0 saturated carbocycles. The minimum Gasteiger partial charge on any atom is -0.296 e. The first-order chi connectivity index (χ1) is 5.88. The van der Waals surface area contributed by atoms with Gasteiger partial charge in [0, 0.05) is 12.4 Å². The molecule has 0 aromatic carbocycles. The van der Waals surface area contributed by atoms with Gasteiger partial charge in [0.2, 0.25) is 0 Å². The summed E-state index contributed by atoms with van der Waals surface area (Å²) in [7, 11) is 2.13. The zero-order valence-corrected chi connectivity index (χ0v) is 7.27. The van der Waals surface area contributed by atoms with Crippen LogP contribution in [-0.4, -0.2) is 28.5 Å². The molecular weight excluding hydrogens is 150 g/mol. The summed E-state index contributed by atoms with van der Waals surface area (Å²) >= 11 is 0. The van der Waals surface area contributed by atoms with Crippen LogP contribution in [0.5, 0.6) is 0 Å². The maximum atomic E-state index is 4.26. The first kappa shape index (κ1) is 7.68. The molecule has 1 aromatic heterocycles. The Balaban J connectivity index is 2.19. The van der Waals surface area contributed by atoms with Gasteiger partial charge in [-0.1, -0.05) is 0 Å². The molecule has 1 aliphatic heterocycles. The highest BCUT2D eigenvalue weighted by molar-refractivity contribution is 4.98. The van der Waals surface area contributed by atoms with Gasteiger partial charge in [-0.3, -0.25) is 4.90 Å². The van der Waals surface area contributed by atoms with Crippen molar-refractivity contribution in [2.75, 3.05) is 13.6 Å². The second kappa shape index (κ2) is 3.19. The van der Waals surface area contributed by atoms with Gasteiger partial charge in [0.15, 0.2) is 0 Å². The number of nitrogens with zero attached hydrogens (tertiary/aromatic N) is 3. The lowest BCUT2D eigenvalue weighted by Crippen LogP contribution is -2.19. The van der Waals surface area contributed by atoms with E-state index in [1.165, 1.54) is 19.4 Å². The van der Waals surface area contributed by atoms with Crippen LogP contribution in [0.3, 0.4) is 0 Å². The SMILES string of the molecule is CN1CCCC1c1ncccn1. The van der Waals surface area contributed by atoms with Crippen molar-refractivity contribution in [3.63, 3.8) is 0 Å². The van der Waals surface area contributed by atoms with E-state index in [-0.39, 0.29) is 0 Å². The van der Waals surface area contributed by atoms with Gasteiger partial charge >= 0.3 is 0 Å². The number of hydrogen-bond acceptors (Lipinski definition) is 3. The third kappa shape index (κ3) is 1.32. The molecule has 3 nitrogen and oxygen atoms in total. The van der Waals surface area contributed by atoms with Crippen LogP contribution >= 0.6 is 0 Å². The van der Waals surface area contributed by atoms with Crippen LogP contribution in [0, 0.1) is 0 Å². The molecule has 1 unspecified atom stereocenters. The first-order valence-electron chi connectivity index (χ1n) is 4.35. The van der Waals surface area contributed by atoms with Crippen molar-refractivity contribution >= 4 is 0 Å². The summed E-state index contributed by atoms with van der Waals surface area (Å²) in [5.74, 6) is 0.970. The minimum absolute atomic E-state index is 0.450. The highest BCUT2D eigenvalue weighted by atomic mass is 15.2. The van der Waals surface area contributed by atoms with Crippen LogP contribution in [0.1, 0.15) is 24.7 Å². The molecular formula is C9H13N3. The summed E-state index contributed by atoms with van der Waals surface area (Å²) in [6, 6.07) is 2.31. The van der Waals surface area contributed by atoms with Gasteiger partial charge in [-0.2, -0.15) is 0 Å². The molecule has 0 radical (unpaired) electrons. The topological polar surface area (TPSA) is 29.0 Å². The number of likely N-dealkylation sites (tertiary alicyclic amines) is 1. The van der Waals surface area contributed by atoms with Crippen LogP contribution < -0.4 is 0 Å². The summed E-state index contributed by atoms with van der Waals surface area (Å²) in [4.78, 5) is 10.8. The van der Waals surface area contributed by atoms with Gasteiger partial charge < -0.3 is 0 Å². The monoisotopic (exact) mass is 163 g/mol. The van der Waals surface area contributed by atoms with Gasteiger partial charge in [0.05, 0.1) is 6.04 Å². The highest BCUT2D eigenvalue weighted by Crippen LogP contribution is 2.26. The van der Waals surface area contributed by atoms with Crippen LogP contribution in [0.2, 0.25) is 0 Å². The average Bonchev–Trinajstić information content (AvgIpc) is 2.53. The van der Waals surface area contributed by atoms with Crippen molar-refractivity contribution < 1.29 is 0 Å². The normalized spacial score (nSPS) is 24.6. The fourth-order valence-electron chi connectivity index (χ4n) is 1.72. The molecule has 0 amide bonds. The molecule has 2 heterocycles. The molecule has 3 heteroatoms. The van der Waals surface area contributed by atoms with E-state index >= 15 is 0 Å². The van der Waals surface area contributed by atoms with Crippen LogP contribution in [-0.2, 0) is 0 Å². The molecule has 1 aliphatic rings. The maximum absolute atomic E-state index is 4.26. The Kier molecular flexibility index (Phi) is 2.04. The van der Waals surface area contributed by atoms with E-state index in [0.717, 1.165) is 5.82 Å². The average molecular weight is 163 g/mol. The molecule has 64 valence electrons. The Hall–Kier alpha value is -0.960. The fraction of sp³-hybridized carbons (Fsp3) is 0.556. The molecule has 1 saturated heterocycles. The molecule has 12 heavy (non-hydrogen) atoms. The first-order valence-corrected chi connectivity index (χ1v) is 4.35. The quantitative estimate of drug-likeness (QED) is 0.623. The molecule has 1 aromatic rings. The van der Waals surface area contributed by atoms with Gasteiger partial charge in [-0.15, -0.1) is 0 Å². The Labute approximate surface area is 72.4 Å². The van der Waals surface area contributed by atoms with Crippen molar-refractivity contribution in [3.05, 3.63) is 24.3 Å². The maximum Gasteiger partial charge on any atom is 0.145 e. The van der Waals surface area contributed by atoms with Crippen molar-refractivity contribution in [3.8, 4) is 0 Å². The van der Waals surface area contributed by atoms with Crippen molar-refractivity contribution in [1.82, 2.24) is 14.9 Å². The largest absolute Gasteiger partial charge is 0.296 e. The van der Waals surface area contributed by atoms with Gasteiger partial charge in [0.1, 0.15) is 5.82 Å². The summed E-state index contributed by atoms with van der Waals surface area (Å²) in [5, 5.41) is 0. The van der Waals surface area contributed by atoms with Crippen LogP contribution in [0.25, 0.3) is 0 Å². The van der Waals surface area contributed by atoms with Crippen molar-refractivity contribution in [2.24, 2.45) is 0 Å². The third-order valence-electron chi connectivity index (χ3n) is 2.40. The van der Waals surface area contributed by atoms with E-state index in [4.69, 9.17) is 0 Å². The smallest absolute Gasteiger partial charge is 0.145 e. The van der Waals surface area contributed by atoms with Crippen LogP contribution in [0.15, 0.2) is 18.5 Å². The Morgan fingerprint density at radius 1 is 1.42 bits per heavy atom. The highest BCUT2D eigenvalue weighted by Gasteiger charge is 2.24. The Morgan fingerprint density at radius 2 is 2.17 bits per heavy atom. The lowest BCUT2D eigenvalue weighted by atomic mass is 10.2. The van der Waals surface area contributed by atoms with E-state index in [1.54, 1.807) is 0 Å². The van der Waals surface area contributed by atoms with Crippen molar-refractivity contribution in [1.29, 1.82) is 0 Å². The predicted octanol–water partition coefficient (Wildman–Crippen LogP) is 1.24. The number of aromatic nitrogens is 2. The Bertz CT molecular complexity index is 247. The van der Waals surface area contributed by atoms with E-state index in [1.807, 2.05) is 18.5 Å². The van der Waals surface area contributed by atoms with Gasteiger partial charge in [-0.05, 0) is 32.5 Å². The van der Waals surface area contributed by atoms with E-state index in [2.05, 4.69) is 21.9 Å². The summed E-state index contributed by atoms with van der Waals surface area (Å²) in [6.07, 6.45) is 6.09. The zero-order valence-electron chi connectivity index (χ0n) is 7.27. The number of rotatable bonds is 1. The minimum atomic E-state index is 0.450. The van der Waals surface area contributed by atoms with Crippen LogP contribution in [0.4, 0.5) is 0 Å². The van der Waals surface area contributed by atoms with E-state index < -0.39 is 0 Å². The van der Waals surface area contributed by atoms with Crippen molar-refractivity contribution in [2.45, 2.75) is 18.9 Å². The lowest BCUT2D eigenvalue weighted by molar-refractivity contribution is 0.305. The molecule has 0 aliphatic carbocycles. The standard InChI is InChI=1S/C9H13N3/c1-12-7-2-4-8(12)9-10-5-3-6-11-9/h3,5-6,8H,2,4,7H2,1H3. The lowest BCUT2D eigenvalue weighted by Gasteiger charge is -2.16. The van der Waals surface area contributed by atoms with E-state index in [0.29, 0.717) is 6.04 Å². The third-order valence-corrected chi connectivity index (χ3v) is 2.40. The molecule has 1 fully saturated rings. The predicted molar refractivity (Wildman–Crippen MR) is 46.6 cm³/mol. The summed E-state index contributed by atoms with van der Waals surface area (Å²) in [6.45, 7) is 1.17. The second-order valence-corrected chi connectivity index (χ2v) is 3.25. The van der Waals surface area contributed by atoms with E-state index in [9.17, 15) is 0 Å². The molecule has 0 spiro atoms. The molecule has 1 atom stereocenters. The zero-order chi connectivity index (χ0) is 8.39. The number of hydrogen-bond donors (Lipinski definition) is 0. The van der Waals surface area contributed by atoms with Gasteiger partial charge in [0.25, 0.3) is 0 Å². The molecule has 2 rings (SSSR count). The molecule has 0 N–H and O–H groups in total. The fourth-order valence-corrected chi connectivity index (χ4v) is 1.72. The van der Waals surface area contributed by atoms with Gasteiger partial charge in [-0.25, -0.2) is 9.97 Å². The second-order valence-electron chi connectivity index (χ2n) is 3.25. The molecule has 0 bridgehead atoms. The summed E-state index contributed by atoms with van der Waals surface area (Å²) in [5.41, 5.74) is 0.